The molecule has 1 atom stereocenters. The Morgan fingerprint density at radius 2 is 2.13 bits per heavy atom. The van der Waals surface area contributed by atoms with Crippen molar-refractivity contribution >= 4 is 10.0 Å². The van der Waals surface area contributed by atoms with Crippen LogP contribution in [0, 0.1) is 0 Å². The molecule has 0 amide bonds. The van der Waals surface area contributed by atoms with Crippen LogP contribution in [0.4, 0.5) is 0 Å². The number of rotatable bonds is 3. The Morgan fingerprint density at radius 3 is 2.83 bits per heavy atom. The minimum absolute atomic E-state index is 0.341. The predicted molar refractivity (Wildman–Crippen MR) is 84.4 cm³/mol. The summed E-state index contributed by atoms with van der Waals surface area (Å²) in [6.07, 6.45) is 4.88. The number of hydrogen-bond donors (Lipinski definition) is 0. The van der Waals surface area contributed by atoms with E-state index in [-0.39, 0.29) is 0 Å². The van der Waals surface area contributed by atoms with Crippen molar-refractivity contribution < 1.29 is 17.9 Å². The summed E-state index contributed by atoms with van der Waals surface area (Å²) in [5, 5.41) is 0. The van der Waals surface area contributed by atoms with Gasteiger partial charge in [0, 0.05) is 46.0 Å². The zero-order valence-electron chi connectivity index (χ0n) is 13.6. The molecule has 2 aliphatic rings. The van der Waals surface area contributed by atoms with E-state index in [0.29, 0.717) is 39.5 Å². The van der Waals surface area contributed by atoms with E-state index in [1.165, 1.54) is 10.6 Å². The van der Waals surface area contributed by atoms with Gasteiger partial charge in [-0.1, -0.05) is 0 Å². The Kier molecular flexibility index (Phi) is 4.75. The molecule has 0 saturated carbocycles. The molecule has 3 heterocycles. The van der Waals surface area contributed by atoms with Gasteiger partial charge in [0.15, 0.2) is 0 Å². The fraction of sp³-hybridized carbons (Fsp3) is 0.786. The summed E-state index contributed by atoms with van der Waals surface area (Å²) >= 11 is 0. The fourth-order valence-electron chi connectivity index (χ4n) is 3.16. The summed E-state index contributed by atoms with van der Waals surface area (Å²) in [4.78, 5) is 6.42. The van der Waals surface area contributed by atoms with E-state index < -0.39 is 15.6 Å². The van der Waals surface area contributed by atoms with E-state index in [0.717, 1.165) is 18.8 Å². The summed E-state index contributed by atoms with van der Waals surface area (Å²) in [5.74, 6) is 0. The van der Waals surface area contributed by atoms with Crippen LogP contribution in [0.1, 0.15) is 5.69 Å². The van der Waals surface area contributed by atoms with Gasteiger partial charge in [-0.2, -0.15) is 4.31 Å². The first-order chi connectivity index (χ1) is 10.9. The van der Waals surface area contributed by atoms with Crippen LogP contribution in [0.2, 0.25) is 0 Å². The van der Waals surface area contributed by atoms with Gasteiger partial charge in [0.25, 0.3) is 0 Å². The lowest BCUT2D eigenvalue weighted by atomic mass is 10.0. The van der Waals surface area contributed by atoms with Gasteiger partial charge in [-0.25, -0.2) is 13.4 Å². The van der Waals surface area contributed by atoms with Crippen LogP contribution >= 0.6 is 0 Å². The highest BCUT2D eigenvalue weighted by molar-refractivity contribution is 7.88. The predicted octanol–water partition coefficient (Wildman–Crippen LogP) is -0.717. The number of aromatic nitrogens is 2. The number of aryl methyl sites for hydroxylation is 1. The molecular formula is C14H24N4O4S. The first kappa shape index (κ1) is 16.8. The van der Waals surface area contributed by atoms with Crippen LogP contribution in [-0.4, -0.2) is 85.0 Å². The summed E-state index contributed by atoms with van der Waals surface area (Å²) in [6, 6.07) is 0. The molecule has 3 rings (SSSR count). The Hall–Kier alpha value is -1.00. The molecule has 1 unspecified atom stereocenters. The summed E-state index contributed by atoms with van der Waals surface area (Å²) in [6.45, 7) is 4.33. The van der Waals surface area contributed by atoms with Crippen LogP contribution in [0.5, 0.6) is 0 Å². The van der Waals surface area contributed by atoms with E-state index in [1.54, 1.807) is 6.33 Å². The van der Waals surface area contributed by atoms with E-state index in [2.05, 4.69) is 9.88 Å². The lowest BCUT2D eigenvalue weighted by Crippen LogP contribution is -2.59. The van der Waals surface area contributed by atoms with E-state index in [1.807, 2.05) is 17.8 Å². The largest absolute Gasteiger partial charge is 0.377 e. The Morgan fingerprint density at radius 1 is 1.30 bits per heavy atom. The second kappa shape index (κ2) is 6.48. The highest BCUT2D eigenvalue weighted by Crippen LogP contribution is 2.24. The summed E-state index contributed by atoms with van der Waals surface area (Å²) < 4.78 is 39.0. The standard InChI is InChI=1S/C14H24N4O4S/c1-16-12-15-7-13(16)8-17-3-6-22-14(9-17)10-18(23(2,19)20)4-5-21-11-14/h7,12H,3-6,8-11H2,1-2H3. The van der Waals surface area contributed by atoms with Gasteiger partial charge in [0.1, 0.15) is 5.60 Å². The maximum Gasteiger partial charge on any atom is 0.211 e. The zero-order valence-corrected chi connectivity index (χ0v) is 14.5. The first-order valence-corrected chi connectivity index (χ1v) is 9.57. The van der Waals surface area contributed by atoms with Gasteiger partial charge >= 0.3 is 0 Å². The number of imidazole rings is 1. The van der Waals surface area contributed by atoms with Crippen LogP contribution in [0.15, 0.2) is 12.5 Å². The molecule has 2 saturated heterocycles. The van der Waals surface area contributed by atoms with Gasteiger partial charge in [0.2, 0.25) is 10.0 Å². The van der Waals surface area contributed by atoms with Crippen molar-refractivity contribution in [3.05, 3.63) is 18.2 Å². The van der Waals surface area contributed by atoms with Crippen LogP contribution < -0.4 is 0 Å². The fourth-order valence-corrected chi connectivity index (χ4v) is 4.04. The van der Waals surface area contributed by atoms with Crippen molar-refractivity contribution in [2.45, 2.75) is 12.1 Å². The van der Waals surface area contributed by atoms with Crippen molar-refractivity contribution in [3.8, 4) is 0 Å². The highest BCUT2D eigenvalue weighted by atomic mass is 32.2. The van der Waals surface area contributed by atoms with Crippen molar-refractivity contribution in [2.75, 3.05) is 52.3 Å². The van der Waals surface area contributed by atoms with Crippen LogP contribution in [0.25, 0.3) is 0 Å². The van der Waals surface area contributed by atoms with Crippen LogP contribution in [-0.2, 0) is 33.1 Å². The lowest BCUT2D eigenvalue weighted by Gasteiger charge is -2.43. The molecular weight excluding hydrogens is 320 g/mol. The quantitative estimate of drug-likeness (QED) is 0.720. The maximum atomic E-state index is 11.9. The Labute approximate surface area is 137 Å². The molecule has 2 aliphatic heterocycles. The molecule has 2 fully saturated rings. The van der Waals surface area contributed by atoms with Gasteiger partial charge in [0.05, 0.1) is 38.1 Å². The smallest absolute Gasteiger partial charge is 0.211 e. The Balaban J connectivity index is 1.74. The van der Waals surface area contributed by atoms with Gasteiger partial charge < -0.3 is 14.0 Å². The molecule has 0 aliphatic carbocycles. The van der Waals surface area contributed by atoms with Crippen molar-refractivity contribution in [1.82, 2.24) is 18.8 Å². The maximum absolute atomic E-state index is 11.9. The average molecular weight is 344 g/mol. The normalized spacial score (nSPS) is 28.1. The zero-order chi connectivity index (χ0) is 16.5. The van der Waals surface area contributed by atoms with Gasteiger partial charge in [-0.15, -0.1) is 0 Å². The van der Waals surface area contributed by atoms with Crippen LogP contribution in [0.3, 0.4) is 0 Å². The molecule has 9 heteroatoms. The molecule has 23 heavy (non-hydrogen) atoms. The van der Waals surface area contributed by atoms with Crippen molar-refractivity contribution in [3.63, 3.8) is 0 Å². The Bertz CT molecular complexity index is 647. The molecule has 0 radical (unpaired) electrons. The monoisotopic (exact) mass is 344 g/mol. The lowest BCUT2D eigenvalue weighted by molar-refractivity contribution is -0.139. The molecule has 1 spiro atoms. The van der Waals surface area contributed by atoms with E-state index >= 15 is 0 Å². The molecule has 8 nitrogen and oxygen atoms in total. The highest BCUT2D eigenvalue weighted by Gasteiger charge is 2.42. The third-order valence-corrected chi connectivity index (χ3v) is 5.66. The number of morpholine rings is 1. The third kappa shape index (κ3) is 3.92. The minimum atomic E-state index is -3.26. The minimum Gasteiger partial charge on any atom is -0.377 e. The van der Waals surface area contributed by atoms with Crippen molar-refractivity contribution in [2.24, 2.45) is 7.05 Å². The molecule has 1 aromatic heterocycles. The van der Waals surface area contributed by atoms with Crippen molar-refractivity contribution in [1.29, 1.82) is 0 Å². The molecule has 1 aromatic rings. The third-order valence-electron chi connectivity index (χ3n) is 4.41. The summed E-state index contributed by atoms with van der Waals surface area (Å²) in [5.41, 5.74) is 0.521. The molecule has 130 valence electrons. The van der Waals surface area contributed by atoms with Gasteiger partial charge in [-0.3, -0.25) is 4.90 Å². The topological polar surface area (TPSA) is 76.9 Å². The number of sulfonamides is 1. The number of hydrogen-bond acceptors (Lipinski definition) is 6. The van der Waals surface area contributed by atoms with E-state index in [9.17, 15) is 8.42 Å². The molecule has 0 bridgehead atoms. The average Bonchev–Trinajstić information content (AvgIpc) is 2.75. The number of nitrogens with zero attached hydrogens (tertiary/aromatic N) is 4. The van der Waals surface area contributed by atoms with E-state index in [4.69, 9.17) is 9.47 Å². The molecule has 0 aromatic carbocycles. The molecule has 0 N–H and O–H groups in total. The van der Waals surface area contributed by atoms with Gasteiger partial charge in [-0.05, 0) is 0 Å². The second-order valence-electron chi connectivity index (χ2n) is 6.39. The second-order valence-corrected chi connectivity index (χ2v) is 8.37. The summed E-state index contributed by atoms with van der Waals surface area (Å²) in [7, 11) is -1.29. The number of ether oxygens (including phenoxy) is 2. The first-order valence-electron chi connectivity index (χ1n) is 7.72. The SMILES string of the molecule is Cn1cncc1CN1CCOC2(COCCN(S(C)(=O)=O)C2)C1.